The molecule has 0 aliphatic heterocycles. The fourth-order valence-corrected chi connectivity index (χ4v) is 3.46. The minimum Gasteiger partial charge on any atom is -0.319 e. The van der Waals surface area contributed by atoms with E-state index in [0.29, 0.717) is 23.5 Å². The molecule has 0 aliphatic carbocycles. The van der Waals surface area contributed by atoms with Crippen LogP contribution >= 0.6 is 0 Å². The van der Waals surface area contributed by atoms with Crippen molar-refractivity contribution in [3.63, 3.8) is 0 Å². The number of nitrogens with zero attached hydrogens (tertiary/aromatic N) is 4. The molecule has 0 saturated heterocycles. The number of anilines is 1. The van der Waals surface area contributed by atoms with Crippen molar-refractivity contribution < 1.29 is 4.79 Å². The lowest BCUT2D eigenvalue weighted by Crippen LogP contribution is -2.14. The van der Waals surface area contributed by atoms with Crippen molar-refractivity contribution in [3.05, 3.63) is 95.1 Å². The van der Waals surface area contributed by atoms with Gasteiger partial charge in [-0.3, -0.25) is 9.48 Å². The lowest BCUT2D eigenvalue weighted by molar-refractivity contribution is 0.102. The van der Waals surface area contributed by atoms with Crippen LogP contribution in [0.5, 0.6) is 0 Å². The molecule has 29 heavy (non-hydrogen) atoms. The van der Waals surface area contributed by atoms with Gasteiger partial charge in [-0.1, -0.05) is 42.5 Å². The summed E-state index contributed by atoms with van der Waals surface area (Å²) in [6.45, 7) is 6.50. The number of aromatic nitrogens is 4. The number of carbonyl (C=O) groups excluding carboxylic acids is 1. The number of benzene rings is 2. The van der Waals surface area contributed by atoms with Crippen molar-refractivity contribution in [2.24, 2.45) is 0 Å². The summed E-state index contributed by atoms with van der Waals surface area (Å²) in [6.07, 6.45) is 3.51. The number of nitrogens with one attached hydrogen (secondary N) is 1. The molecule has 6 nitrogen and oxygen atoms in total. The molecule has 4 aromatic rings. The molecule has 4 rings (SSSR count). The van der Waals surface area contributed by atoms with Gasteiger partial charge in [-0.25, -0.2) is 4.68 Å². The molecule has 1 N–H and O–H groups in total. The third-order valence-corrected chi connectivity index (χ3v) is 5.00. The molecular formula is C23H23N5O. The average Bonchev–Trinajstić information content (AvgIpc) is 3.27. The summed E-state index contributed by atoms with van der Waals surface area (Å²) in [7, 11) is 0. The molecule has 2 heterocycles. The van der Waals surface area contributed by atoms with E-state index in [1.54, 1.807) is 10.9 Å². The van der Waals surface area contributed by atoms with Crippen molar-refractivity contribution in [2.45, 2.75) is 27.3 Å². The van der Waals surface area contributed by atoms with E-state index in [0.717, 1.165) is 11.4 Å². The third kappa shape index (κ3) is 3.82. The Morgan fingerprint density at radius 2 is 1.72 bits per heavy atom. The smallest absolute Gasteiger partial charge is 0.259 e. The van der Waals surface area contributed by atoms with E-state index >= 15 is 0 Å². The standard InChI is InChI=1S/C23H23N5O/c1-16-9-7-8-10-19(16)14-27-15-20(13-24-27)25-23(29)22-17(2)26-28(18(22)3)21-11-5-4-6-12-21/h4-13,15H,14H2,1-3H3,(H,25,29). The van der Waals surface area contributed by atoms with Crippen LogP contribution in [0.2, 0.25) is 0 Å². The van der Waals surface area contributed by atoms with Crippen molar-refractivity contribution in [3.8, 4) is 5.69 Å². The van der Waals surface area contributed by atoms with Crippen molar-refractivity contribution in [2.75, 3.05) is 5.32 Å². The second-order valence-corrected chi connectivity index (χ2v) is 7.10. The first-order valence-corrected chi connectivity index (χ1v) is 9.53. The molecule has 0 atom stereocenters. The second-order valence-electron chi connectivity index (χ2n) is 7.10. The van der Waals surface area contributed by atoms with Gasteiger partial charge >= 0.3 is 0 Å². The molecule has 0 aliphatic rings. The predicted octanol–water partition coefficient (Wildman–Crippen LogP) is 4.29. The van der Waals surface area contributed by atoms with Crippen LogP contribution in [0.25, 0.3) is 5.69 Å². The van der Waals surface area contributed by atoms with E-state index in [1.807, 2.05) is 67.2 Å². The molecule has 1 amide bonds. The maximum atomic E-state index is 12.9. The molecule has 0 fully saturated rings. The second kappa shape index (κ2) is 7.75. The molecule has 0 radical (unpaired) electrons. The molecule has 6 heteroatoms. The highest BCUT2D eigenvalue weighted by atomic mass is 16.1. The summed E-state index contributed by atoms with van der Waals surface area (Å²) in [6, 6.07) is 18.0. The van der Waals surface area contributed by atoms with Crippen LogP contribution < -0.4 is 5.32 Å². The van der Waals surface area contributed by atoms with Crippen LogP contribution in [0.4, 0.5) is 5.69 Å². The summed E-state index contributed by atoms with van der Waals surface area (Å²) < 4.78 is 3.62. The monoisotopic (exact) mass is 385 g/mol. The summed E-state index contributed by atoms with van der Waals surface area (Å²) in [4.78, 5) is 12.9. The zero-order valence-corrected chi connectivity index (χ0v) is 16.8. The van der Waals surface area contributed by atoms with Gasteiger partial charge in [-0.15, -0.1) is 0 Å². The minimum atomic E-state index is -0.183. The van der Waals surface area contributed by atoms with Crippen LogP contribution in [0.15, 0.2) is 67.0 Å². The number of aryl methyl sites for hydroxylation is 2. The predicted molar refractivity (Wildman–Crippen MR) is 113 cm³/mol. The number of amides is 1. The Kier molecular flexibility index (Phi) is 4.99. The van der Waals surface area contributed by atoms with Crippen LogP contribution in [-0.4, -0.2) is 25.5 Å². The first kappa shape index (κ1) is 18.7. The minimum absolute atomic E-state index is 0.183. The van der Waals surface area contributed by atoms with Gasteiger partial charge in [0.2, 0.25) is 0 Å². The normalized spacial score (nSPS) is 10.9. The molecule has 0 unspecified atom stereocenters. The van der Waals surface area contributed by atoms with Gasteiger partial charge in [0.1, 0.15) is 0 Å². The zero-order valence-electron chi connectivity index (χ0n) is 16.8. The maximum absolute atomic E-state index is 12.9. The van der Waals surface area contributed by atoms with Crippen LogP contribution in [0.3, 0.4) is 0 Å². The average molecular weight is 385 g/mol. The Bertz CT molecular complexity index is 1160. The van der Waals surface area contributed by atoms with Crippen molar-refractivity contribution in [1.82, 2.24) is 19.6 Å². The van der Waals surface area contributed by atoms with Gasteiger partial charge in [0.15, 0.2) is 0 Å². The molecule has 0 spiro atoms. The van der Waals surface area contributed by atoms with Gasteiger partial charge < -0.3 is 5.32 Å². The summed E-state index contributed by atoms with van der Waals surface area (Å²) in [5.41, 5.74) is 6.08. The number of hydrogen-bond acceptors (Lipinski definition) is 3. The highest BCUT2D eigenvalue weighted by molar-refractivity contribution is 6.05. The molecule has 2 aromatic heterocycles. The van der Waals surface area contributed by atoms with Gasteiger partial charge in [0.25, 0.3) is 5.91 Å². The third-order valence-electron chi connectivity index (χ3n) is 5.00. The Hall–Kier alpha value is -3.67. The zero-order chi connectivity index (χ0) is 20.4. The first-order chi connectivity index (χ1) is 14.0. The molecule has 0 saturated carbocycles. The van der Waals surface area contributed by atoms with Crippen LogP contribution in [0, 0.1) is 20.8 Å². The summed E-state index contributed by atoms with van der Waals surface area (Å²) in [5.74, 6) is -0.183. The van der Waals surface area contributed by atoms with Gasteiger partial charge in [-0.05, 0) is 44.0 Å². The van der Waals surface area contributed by atoms with Gasteiger partial charge in [0.05, 0.1) is 41.1 Å². The molecular weight excluding hydrogens is 362 g/mol. The fourth-order valence-electron chi connectivity index (χ4n) is 3.46. The van der Waals surface area contributed by atoms with E-state index in [1.165, 1.54) is 11.1 Å². The van der Waals surface area contributed by atoms with E-state index in [2.05, 4.69) is 34.6 Å². The Morgan fingerprint density at radius 1 is 1.00 bits per heavy atom. The number of hydrogen-bond donors (Lipinski definition) is 1. The fraction of sp³-hybridized carbons (Fsp3) is 0.174. The van der Waals surface area contributed by atoms with E-state index in [4.69, 9.17) is 0 Å². The van der Waals surface area contributed by atoms with E-state index in [-0.39, 0.29) is 5.91 Å². The Labute approximate surface area is 169 Å². The summed E-state index contributed by atoms with van der Waals surface area (Å²) >= 11 is 0. The van der Waals surface area contributed by atoms with Crippen LogP contribution in [-0.2, 0) is 6.54 Å². The quantitative estimate of drug-likeness (QED) is 0.557. The van der Waals surface area contributed by atoms with Crippen molar-refractivity contribution in [1.29, 1.82) is 0 Å². The van der Waals surface area contributed by atoms with E-state index < -0.39 is 0 Å². The molecule has 2 aromatic carbocycles. The lowest BCUT2D eigenvalue weighted by Gasteiger charge is -2.06. The number of rotatable bonds is 5. The van der Waals surface area contributed by atoms with Crippen LogP contribution in [0.1, 0.15) is 32.9 Å². The number of para-hydroxylation sites is 1. The van der Waals surface area contributed by atoms with Gasteiger partial charge in [-0.2, -0.15) is 10.2 Å². The Morgan fingerprint density at radius 3 is 2.48 bits per heavy atom. The lowest BCUT2D eigenvalue weighted by atomic mass is 10.1. The first-order valence-electron chi connectivity index (χ1n) is 9.53. The SMILES string of the molecule is Cc1ccccc1Cn1cc(NC(=O)c2c(C)nn(-c3ccccc3)c2C)cn1. The van der Waals surface area contributed by atoms with E-state index in [9.17, 15) is 4.79 Å². The number of carbonyl (C=O) groups is 1. The maximum Gasteiger partial charge on any atom is 0.259 e. The van der Waals surface area contributed by atoms with Gasteiger partial charge in [0, 0.05) is 6.20 Å². The highest BCUT2D eigenvalue weighted by Gasteiger charge is 2.20. The Balaban J connectivity index is 1.53. The largest absolute Gasteiger partial charge is 0.319 e. The topological polar surface area (TPSA) is 64.7 Å². The molecule has 0 bridgehead atoms. The highest BCUT2D eigenvalue weighted by Crippen LogP contribution is 2.19. The molecule has 146 valence electrons. The van der Waals surface area contributed by atoms with Crippen molar-refractivity contribution >= 4 is 11.6 Å². The summed E-state index contributed by atoms with van der Waals surface area (Å²) in [5, 5.41) is 11.9.